The Morgan fingerprint density at radius 1 is 1.00 bits per heavy atom. The Hall–Kier alpha value is -2.47. The number of nitrogens with zero attached hydrogens (tertiary/aromatic N) is 1. The first-order valence-corrected chi connectivity index (χ1v) is 5.55. The van der Waals surface area contributed by atoms with E-state index in [4.69, 9.17) is 14.7 Å². The smallest absolute Gasteiger partial charge is 0.148 e. The average molecular weight is 239 g/mol. The number of benzene rings is 2. The molecule has 2 aromatic carbocycles. The maximum Gasteiger partial charge on any atom is 0.148 e. The molecule has 0 amide bonds. The number of hydrogen-bond donors (Lipinski definition) is 0. The molecule has 0 unspecified atom stereocenters. The summed E-state index contributed by atoms with van der Waals surface area (Å²) in [7, 11) is 1.58. The lowest BCUT2D eigenvalue weighted by Gasteiger charge is -2.09. The van der Waals surface area contributed by atoms with Gasteiger partial charge in [-0.05, 0) is 31.2 Å². The van der Waals surface area contributed by atoms with Crippen molar-refractivity contribution in [2.24, 2.45) is 0 Å². The molecule has 0 fully saturated rings. The fourth-order valence-corrected chi connectivity index (χ4v) is 1.54. The van der Waals surface area contributed by atoms with Gasteiger partial charge in [0, 0.05) is 6.07 Å². The molecule has 3 nitrogen and oxygen atoms in total. The normalized spacial score (nSPS) is 9.61. The van der Waals surface area contributed by atoms with Crippen LogP contribution in [-0.2, 0) is 0 Å². The molecule has 0 bridgehead atoms. The molecule has 0 aromatic heterocycles. The van der Waals surface area contributed by atoms with Gasteiger partial charge in [-0.15, -0.1) is 0 Å². The van der Waals surface area contributed by atoms with E-state index in [1.807, 2.05) is 31.2 Å². The molecule has 0 atom stereocenters. The van der Waals surface area contributed by atoms with E-state index in [2.05, 4.69) is 6.07 Å². The third-order valence-corrected chi connectivity index (χ3v) is 2.56. The molecule has 0 aliphatic rings. The molecule has 0 saturated heterocycles. The van der Waals surface area contributed by atoms with Crippen LogP contribution in [-0.4, -0.2) is 7.11 Å². The monoisotopic (exact) mass is 239 g/mol. The molecule has 3 heteroatoms. The highest BCUT2D eigenvalue weighted by Crippen LogP contribution is 2.29. The molecule has 0 radical (unpaired) electrons. The highest BCUT2D eigenvalue weighted by molar-refractivity contribution is 5.49. The maximum absolute atomic E-state index is 9.03. The Labute approximate surface area is 106 Å². The van der Waals surface area contributed by atoms with Crippen LogP contribution in [0.25, 0.3) is 0 Å². The Bertz CT molecular complexity index is 582. The van der Waals surface area contributed by atoms with Crippen LogP contribution >= 0.6 is 0 Å². The molecular formula is C15H13NO2. The number of nitriles is 1. The minimum atomic E-state index is 0.483. The zero-order valence-electron chi connectivity index (χ0n) is 10.3. The van der Waals surface area contributed by atoms with E-state index in [0.717, 1.165) is 5.56 Å². The first-order chi connectivity index (χ1) is 8.72. The van der Waals surface area contributed by atoms with Gasteiger partial charge in [-0.1, -0.05) is 17.7 Å². The largest absolute Gasteiger partial charge is 0.497 e. The van der Waals surface area contributed by atoms with Gasteiger partial charge in [0.15, 0.2) is 0 Å². The Kier molecular flexibility index (Phi) is 3.49. The van der Waals surface area contributed by atoms with Crippen LogP contribution in [0.1, 0.15) is 11.1 Å². The van der Waals surface area contributed by atoms with Crippen molar-refractivity contribution in [1.82, 2.24) is 0 Å². The van der Waals surface area contributed by atoms with Crippen LogP contribution in [0, 0.1) is 18.3 Å². The van der Waals surface area contributed by atoms with Crippen molar-refractivity contribution < 1.29 is 9.47 Å². The second-order valence-electron chi connectivity index (χ2n) is 3.89. The number of hydrogen-bond acceptors (Lipinski definition) is 3. The van der Waals surface area contributed by atoms with Crippen LogP contribution in [0.2, 0.25) is 0 Å². The third-order valence-electron chi connectivity index (χ3n) is 2.56. The quantitative estimate of drug-likeness (QED) is 0.820. The molecule has 18 heavy (non-hydrogen) atoms. The van der Waals surface area contributed by atoms with Gasteiger partial charge in [-0.25, -0.2) is 0 Å². The van der Waals surface area contributed by atoms with Crippen molar-refractivity contribution >= 4 is 0 Å². The Morgan fingerprint density at radius 3 is 2.28 bits per heavy atom. The summed E-state index contributed by atoms with van der Waals surface area (Å²) < 4.78 is 10.8. The summed E-state index contributed by atoms with van der Waals surface area (Å²) >= 11 is 0. The molecule has 0 aliphatic carbocycles. The minimum absolute atomic E-state index is 0.483. The molecular weight excluding hydrogens is 226 g/mol. The summed E-state index contributed by atoms with van der Waals surface area (Å²) in [5.41, 5.74) is 1.64. The molecule has 0 aliphatic heterocycles. The van der Waals surface area contributed by atoms with Gasteiger partial charge < -0.3 is 9.47 Å². The molecule has 2 aromatic rings. The van der Waals surface area contributed by atoms with Crippen LogP contribution in [0.3, 0.4) is 0 Å². The van der Waals surface area contributed by atoms with Crippen LogP contribution in [0.5, 0.6) is 17.2 Å². The maximum atomic E-state index is 9.03. The van der Waals surface area contributed by atoms with Crippen molar-refractivity contribution in [3.63, 3.8) is 0 Å². The summed E-state index contributed by atoms with van der Waals surface area (Å²) in [4.78, 5) is 0. The lowest BCUT2D eigenvalue weighted by molar-refractivity contribution is 0.409. The van der Waals surface area contributed by atoms with Gasteiger partial charge in [-0.3, -0.25) is 0 Å². The van der Waals surface area contributed by atoms with Gasteiger partial charge in [0.05, 0.1) is 12.7 Å². The van der Waals surface area contributed by atoms with E-state index in [1.165, 1.54) is 0 Å². The summed E-state index contributed by atoms with van der Waals surface area (Å²) in [5, 5.41) is 9.03. The van der Waals surface area contributed by atoms with E-state index < -0.39 is 0 Å². The van der Waals surface area contributed by atoms with Gasteiger partial charge in [0.25, 0.3) is 0 Å². The van der Waals surface area contributed by atoms with Gasteiger partial charge in [0.1, 0.15) is 23.3 Å². The number of ether oxygens (including phenoxy) is 2. The van der Waals surface area contributed by atoms with E-state index in [1.54, 1.807) is 25.3 Å². The van der Waals surface area contributed by atoms with Crippen LogP contribution in [0.4, 0.5) is 0 Å². The summed E-state index contributed by atoms with van der Waals surface area (Å²) in [5.74, 6) is 1.86. The van der Waals surface area contributed by atoms with Crippen molar-refractivity contribution in [2.45, 2.75) is 6.92 Å². The highest BCUT2D eigenvalue weighted by atomic mass is 16.5. The molecule has 0 spiro atoms. The third kappa shape index (κ3) is 2.61. The predicted octanol–water partition coefficient (Wildman–Crippen LogP) is 3.67. The molecule has 0 N–H and O–H groups in total. The van der Waals surface area contributed by atoms with E-state index in [9.17, 15) is 0 Å². The lowest BCUT2D eigenvalue weighted by Crippen LogP contribution is -1.90. The fourth-order valence-electron chi connectivity index (χ4n) is 1.54. The summed E-state index contributed by atoms with van der Waals surface area (Å²) in [6.07, 6.45) is 0. The highest BCUT2D eigenvalue weighted by Gasteiger charge is 2.06. The number of methoxy groups -OCH3 is 1. The van der Waals surface area contributed by atoms with Crippen molar-refractivity contribution in [3.05, 3.63) is 53.6 Å². The van der Waals surface area contributed by atoms with Crippen LogP contribution < -0.4 is 9.47 Å². The topological polar surface area (TPSA) is 42.2 Å². The Morgan fingerprint density at radius 2 is 1.67 bits per heavy atom. The Balaban J connectivity index is 2.32. The first kappa shape index (κ1) is 12.0. The SMILES string of the molecule is COc1ccc(C#N)c(Oc2ccc(C)cc2)c1. The standard InChI is InChI=1S/C15H13NO2/c1-11-3-6-13(7-4-11)18-15-9-14(17-2)8-5-12(15)10-16/h3-9H,1-2H3. The average Bonchev–Trinajstić information content (AvgIpc) is 2.41. The van der Waals surface area contributed by atoms with Crippen LogP contribution in [0.15, 0.2) is 42.5 Å². The molecule has 0 saturated carbocycles. The van der Waals surface area contributed by atoms with E-state index >= 15 is 0 Å². The zero-order chi connectivity index (χ0) is 13.0. The van der Waals surface area contributed by atoms with Gasteiger partial charge >= 0.3 is 0 Å². The second-order valence-corrected chi connectivity index (χ2v) is 3.89. The molecule has 2 rings (SSSR count). The number of rotatable bonds is 3. The molecule has 90 valence electrons. The van der Waals surface area contributed by atoms with Gasteiger partial charge in [-0.2, -0.15) is 5.26 Å². The number of aryl methyl sites for hydroxylation is 1. The van der Waals surface area contributed by atoms with Crippen molar-refractivity contribution in [1.29, 1.82) is 5.26 Å². The van der Waals surface area contributed by atoms with E-state index in [0.29, 0.717) is 22.8 Å². The van der Waals surface area contributed by atoms with E-state index in [-0.39, 0.29) is 0 Å². The van der Waals surface area contributed by atoms with Crippen molar-refractivity contribution in [2.75, 3.05) is 7.11 Å². The lowest BCUT2D eigenvalue weighted by atomic mass is 10.2. The fraction of sp³-hybridized carbons (Fsp3) is 0.133. The first-order valence-electron chi connectivity index (χ1n) is 5.55. The predicted molar refractivity (Wildman–Crippen MR) is 69.0 cm³/mol. The summed E-state index contributed by atoms with van der Waals surface area (Å²) in [6.45, 7) is 2.01. The summed E-state index contributed by atoms with van der Waals surface area (Å²) in [6, 6.07) is 14.9. The second kappa shape index (κ2) is 5.24. The zero-order valence-corrected chi connectivity index (χ0v) is 10.3. The minimum Gasteiger partial charge on any atom is -0.497 e. The van der Waals surface area contributed by atoms with Crippen molar-refractivity contribution in [3.8, 4) is 23.3 Å². The van der Waals surface area contributed by atoms with Gasteiger partial charge in [0.2, 0.25) is 0 Å². The molecule has 0 heterocycles.